The number of halogens is 2. The molecule has 0 unspecified atom stereocenters. The minimum Gasteiger partial charge on any atom is -0.367 e. The number of nitrogens with zero attached hydrogens (tertiary/aromatic N) is 2. The topological polar surface area (TPSA) is 75.9 Å². The molecule has 0 aliphatic heterocycles. The molecule has 3 rings (SSSR count). The zero-order valence-electron chi connectivity index (χ0n) is 14.1. The van der Waals surface area contributed by atoms with Gasteiger partial charge in [-0.05, 0) is 45.7 Å². The van der Waals surface area contributed by atoms with Crippen LogP contribution in [-0.2, 0) is 0 Å². The highest BCUT2D eigenvalue weighted by molar-refractivity contribution is 5.93. The van der Waals surface area contributed by atoms with E-state index in [1.165, 1.54) is 6.07 Å². The Kier molecular flexibility index (Phi) is 4.29. The third kappa shape index (κ3) is 3.72. The van der Waals surface area contributed by atoms with E-state index in [9.17, 15) is 8.78 Å². The summed E-state index contributed by atoms with van der Waals surface area (Å²) in [5, 5.41) is 7.96. The highest BCUT2D eigenvalue weighted by atomic mass is 19.3. The second-order valence-corrected chi connectivity index (χ2v) is 7.43. The van der Waals surface area contributed by atoms with E-state index >= 15 is 0 Å². The Morgan fingerprint density at radius 1 is 1.25 bits per heavy atom. The standard InChI is InChI=1S/C17H23F2N5/c1-17(2,3)24-16-12-7-14(22-11-5-10(20)6-11)21-8-9(12)4-13(23-16)15(18)19/h4,7-8,10-11,15H,5-6,20H2,1-3H3,(H,21,22)(H,23,24). The molecule has 0 spiro atoms. The van der Waals surface area contributed by atoms with Gasteiger partial charge in [-0.1, -0.05) is 0 Å². The van der Waals surface area contributed by atoms with Gasteiger partial charge in [-0.25, -0.2) is 18.7 Å². The molecule has 24 heavy (non-hydrogen) atoms. The van der Waals surface area contributed by atoms with Crippen LogP contribution in [0.4, 0.5) is 20.4 Å². The molecule has 1 fully saturated rings. The van der Waals surface area contributed by atoms with Crippen molar-refractivity contribution in [2.75, 3.05) is 10.6 Å². The largest absolute Gasteiger partial charge is 0.367 e. The second kappa shape index (κ2) is 6.12. The lowest BCUT2D eigenvalue weighted by Crippen LogP contribution is -2.44. The van der Waals surface area contributed by atoms with E-state index < -0.39 is 6.43 Å². The third-order valence-electron chi connectivity index (χ3n) is 3.98. The van der Waals surface area contributed by atoms with Crippen molar-refractivity contribution in [1.82, 2.24) is 9.97 Å². The van der Waals surface area contributed by atoms with Crippen molar-refractivity contribution < 1.29 is 8.78 Å². The fourth-order valence-corrected chi connectivity index (χ4v) is 2.80. The molecule has 2 heterocycles. The Labute approximate surface area is 140 Å². The van der Waals surface area contributed by atoms with Crippen LogP contribution < -0.4 is 16.4 Å². The Balaban J connectivity index is 1.99. The van der Waals surface area contributed by atoms with Crippen LogP contribution in [0.25, 0.3) is 10.8 Å². The van der Waals surface area contributed by atoms with Crippen LogP contribution in [0.5, 0.6) is 0 Å². The Morgan fingerprint density at radius 2 is 1.96 bits per heavy atom. The van der Waals surface area contributed by atoms with Crippen molar-refractivity contribution >= 4 is 22.4 Å². The molecule has 0 atom stereocenters. The van der Waals surface area contributed by atoms with E-state index in [1.54, 1.807) is 6.20 Å². The van der Waals surface area contributed by atoms with E-state index in [1.807, 2.05) is 26.8 Å². The molecule has 1 saturated carbocycles. The highest BCUT2D eigenvalue weighted by Crippen LogP contribution is 2.31. The molecular weight excluding hydrogens is 312 g/mol. The number of anilines is 2. The average Bonchev–Trinajstić information content (AvgIpc) is 2.44. The van der Waals surface area contributed by atoms with Crippen molar-refractivity contribution in [2.24, 2.45) is 5.73 Å². The first-order chi connectivity index (χ1) is 11.2. The maximum Gasteiger partial charge on any atom is 0.280 e. The Bertz CT molecular complexity index is 736. The van der Waals surface area contributed by atoms with Crippen LogP contribution in [0.2, 0.25) is 0 Å². The lowest BCUT2D eigenvalue weighted by molar-refractivity contribution is 0.146. The van der Waals surface area contributed by atoms with E-state index in [4.69, 9.17) is 5.73 Å². The molecule has 130 valence electrons. The minimum atomic E-state index is -2.62. The second-order valence-electron chi connectivity index (χ2n) is 7.43. The summed E-state index contributed by atoms with van der Waals surface area (Å²) in [7, 11) is 0. The summed E-state index contributed by atoms with van der Waals surface area (Å²) in [4.78, 5) is 8.45. The van der Waals surface area contributed by atoms with Gasteiger partial charge in [0.05, 0.1) is 0 Å². The number of nitrogens with one attached hydrogen (secondary N) is 2. The first-order valence-corrected chi connectivity index (χ1v) is 8.10. The molecule has 2 aromatic rings. The lowest BCUT2D eigenvalue weighted by Gasteiger charge is -2.33. The molecule has 1 aliphatic carbocycles. The number of aromatic nitrogens is 2. The zero-order valence-corrected chi connectivity index (χ0v) is 14.1. The lowest BCUT2D eigenvalue weighted by atomic mass is 9.88. The monoisotopic (exact) mass is 335 g/mol. The van der Waals surface area contributed by atoms with E-state index in [0.29, 0.717) is 23.1 Å². The van der Waals surface area contributed by atoms with Crippen molar-refractivity contribution in [3.8, 4) is 0 Å². The fourth-order valence-electron chi connectivity index (χ4n) is 2.80. The summed E-state index contributed by atoms with van der Waals surface area (Å²) in [6.45, 7) is 5.89. The highest BCUT2D eigenvalue weighted by Gasteiger charge is 2.26. The average molecular weight is 335 g/mol. The molecule has 7 heteroatoms. The van der Waals surface area contributed by atoms with Crippen molar-refractivity contribution in [3.63, 3.8) is 0 Å². The van der Waals surface area contributed by atoms with Gasteiger partial charge >= 0.3 is 0 Å². The van der Waals surface area contributed by atoms with Gasteiger partial charge in [0.2, 0.25) is 0 Å². The van der Waals surface area contributed by atoms with Crippen LogP contribution >= 0.6 is 0 Å². The number of rotatable bonds is 4. The van der Waals surface area contributed by atoms with E-state index in [2.05, 4.69) is 20.6 Å². The quantitative estimate of drug-likeness (QED) is 0.795. The molecule has 4 N–H and O–H groups in total. The summed E-state index contributed by atoms with van der Waals surface area (Å²) in [6.07, 6.45) is 0.812. The predicted octanol–water partition coefficient (Wildman–Crippen LogP) is 3.68. The van der Waals surface area contributed by atoms with Gasteiger partial charge in [-0.15, -0.1) is 0 Å². The summed E-state index contributed by atoms with van der Waals surface area (Å²) >= 11 is 0. The molecule has 0 amide bonds. The maximum atomic E-state index is 13.1. The molecule has 5 nitrogen and oxygen atoms in total. The van der Waals surface area contributed by atoms with Crippen molar-refractivity contribution in [3.05, 3.63) is 24.0 Å². The SMILES string of the molecule is CC(C)(C)Nc1nc(C(F)F)cc2cnc(NC3CC(N)C3)cc12. The predicted molar refractivity (Wildman–Crippen MR) is 92.5 cm³/mol. The maximum absolute atomic E-state index is 13.1. The Hall–Kier alpha value is -2.02. The zero-order chi connectivity index (χ0) is 17.5. The summed E-state index contributed by atoms with van der Waals surface area (Å²) < 4.78 is 26.2. The van der Waals surface area contributed by atoms with Gasteiger partial charge in [0.15, 0.2) is 0 Å². The summed E-state index contributed by atoms with van der Waals surface area (Å²) in [6, 6.07) is 3.81. The number of alkyl halides is 2. The molecule has 0 saturated heterocycles. The summed E-state index contributed by atoms with van der Waals surface area (Å²) in [5.41, 5.74) is 5.26. The van der Waals surface area contributed by atoms with Gasteiger partial charge in [-0.2, -0.15) is 0 Å². The number of nitrogens with two attached hydrogens (primary N) is 1. The van der Waals surface area contributed by atoms with Crippen LogP contribution in [0.15, 0.2) is 18.3 Å². The van der Waals surface area contributed by atoms with Gasteiger partial charge in [0.1, 0.15) is 17.3 Å². The van der Waals surface area contributed by atoms with Gasteiger partial charge < -0.3 is 16.4 Å². The molecule has 0 bridgehead atoms. The van der Waals surface area contributed by atoms with Gasteiger partial charge in [-0.3, -0.25) is 0 Å². The minimum absolute atomic E-state index is 0.247. The number of hydrogen-bond acceptors (Lipinski definition) is 5. The number of fused-ring (bicyclic) bond motifs is 1. The normalized spacial score (nSPS) is 21.0. The molecular formula is C17H23F2N5. The first-order valence-electron chi connectivity index (χ1n) is 8.10. The number of pyridine rings is 2. The third-order valence-corrected chi connectivity index (χ3v) is 3.98. The summed E-state index contributed by atoms with van der Waals surface area (Å²) in [5.74, 6) is 1.16. The molecule has 1 aliphatic rings. The van der Waals surface area contributed by atoms with Crippen LogP contribution in [-0.4, -0.2) is 27.6 Å². The van der Waals surface area contributed by atoms with E-state index in [0.717, 1.165) is 18.2 Å². The molecule has 0 aromatic carbocycles. The van der Waals surface area contributed by atoms with E-state index in [-0.39, 0.29) is 17.3 Å². The van der Waals surface area contributed by atoms with Crippen molar-refractivity contribution in [1.29, 1.82) is 0 Å². The first kappa shape index (κ1) is 16.8. The van der Waals surface area contributed by atoms with Gasteiger partial charge in [0, 0.05) is 34.6 Å². The van der Waals surface area contributed by atoms with Gasteiger partial charge in [0.25, 0.3) is 6.43 Å². The fraction of sp³-hybridized carbons (Fsp3) is 0.529. The van der Waals surface area contributed by atoms with Crippen LogP contribution in [0, 0.1) is 0 Å². The molecule has 0 radical (unpaired) electrons. The van der Waals surface area contributed by atoms with Crippen LogP contribution in [0.1, 0.15) is 45.7 Å². The molecule has 2 aromatic heterocycles. The smallest absolute Gasteiger partial charge is 0.280 e. The van der Waals surface area contributed by atoms with Crippen LogP contribution in [0.3, 0.4) is 0 Å². The number of hydrogen-bond donors (Lipinski definition) is 3. The Morgan fingerprint density at radius 3 is 2.54 bits per heavy atom. The van der Waals surface area contributed by atoms with Crippen molar-refractivity contribution in [2.45, 2.75) is 57.7 Å².